The molecule has 3 heteroatoms. The van der Waals surface area contributed by atoms with Crippen molar-refractivity contribution in [2.75, 3.05) is 0 Å². The summed E-state index contributed by atoms with van der Waals surface area (Å²) in [6, 6.07) is 9.72. The van der Waals surface area contributed by atoms with Gasteiger partial charge in [0.05, 0.1) is 12.2 Å². The largest absolute Gasteiger partial charge is 0.384 e. The molecule has 96 valence electrons. The lowest BCUT2D eigenvalue weighted by molar-refractivity contribution is 0.0339. The zero-order valence-corrected chi connectivity index (χ0v) is 11.4. The van der Waals surface area contributed by atoms with E-state index in [-0.39, 0.29) is 0 Å². The van der Waals surface area contributed by atoms with E-state index in [0.29, 0.717) is 6.54 Å². The molecule has 0 aliphatic rings. The van der Waals surface area contributed by atoms with E-state index in [4.69, 9.17) is 0 Å². The SMILES string of the molecule is Cc1nn(CC(C)(O)c2ccccc2)c(C)c1C. The third-order valence-corrected chi connectivity index (χ3v) is 3.60. The molecular formula is C15H20N2O. The van der Waals surface area contributed by atoms with E-state index in [9.17, 15) is 5.11 Å². The monoisotopic (exact) mass is 244 g/mol. The molecule has 0 aliphatic carbocycles. The van der Waals surface area contributed by atoms with E-state index in [0.717, 1.165) is 17.0 Å². The molecule has 0 bridgehead atoms. The van der Waals surface area contributed by atoms with E-state index in [1.54, 1.807) is 0 Å². The average Bonchev–Trinajstić information content (AvgIpc) is 2.58. The Kier molecular flexibility index (Phi) is 3.26. The Labute approximate surface area is 108 Å². The Bertz CT molecular complexity index is 541. The van der Waals surface area contributed by atoms with Crippen molar-refractivity contribution in [3.05, 3.63) is 52.8 Å². The number of nitrogens with zero attached hydrogens (tertiary/aromatic N) is 2. The standard InChI is InChI=1S/C15H20N2O/c1-11-12(2)16-17(13(11)3)10-15(4,18)14-8-6-5-7-9-14/h5-9,18H,10H2,1-4H3. The second-order valence-electron chi connectivity index (χ2n) is 5.09. The van der Waals surface area contributed by atoms with Gasteiger partial charge >= 0.3 is 0 Å². The Morgan fingerprint density at radius 3 is 2.28 bits per heavy atom. The second kappa shape index (κ2) is 4.58. The minimum Gasteiger partial charge on any atom is -0.384 e. The molecule has 0 spiro atoms. The molecule has 2 rings (SSSR count). The highest BCUT2D eigenvalue weighted by atomic mass is 16.3. The van der Waals surface area contributed by atoms with Crippen LogP contribution < -0.4 is 0 Å². The van der Waals surface area contributed by atoms with Crippen molar-refractivity contribution in [3.8, 4) is 0 Å². The summed E-state index contributed by atoms with van der Waals surface area (Å²) in [6.07, 6.45) is 0. The number of rotatable bonds is 3. The van der Waals surface area contributed by atoms with E-state index >= 15 is 0 Å². The van der Waals surface area contributed by atoms with E-state index in [1.165, 1.54) is 5.56 Å². The van der Waals surface area contributed by atoms with Crippen molar-refractivity contribution in [1.82, 2.24) is 9.78 Å². The predicted molar refractivity (Wildman–Crippen MR) is 72.5 cm³/mol. The molecule has 3 nitrogen and oxygen atoms in total. The highest BCUT2D eigenvalue weighted by Gasteiger charge is 2.25. The van der Waals surface area contributed by atoms with Gasteiger partial charge in [-0.15, -0.1) is 0 Å². The molecule has 0 aliphatic heterocycles. The molecule has 1 heterocycles. The Morgan fingerprint density at radius 1 is 1.17 bits per heavy atom. The van der Waals surface area contributed by atoms with E-state index < -0.39 is 5.60 Å². The average molecular weight is 244 g/mol. The highest BCUT2D eigenvalue weighted by Crippen LogP contribution is 2.24. The van der Waals surface area contributed by atoms with Crippen molar-refractivity contribution >= 4 is 0 Å². The van der Waals surface area contributed by atoms with Gasteiger partial charge in [0.25, 0.3) is 0 Å². The topological polar surface area (TPSA) is 38.0 Å². The number of aromatic nitrogens is 2. The molecule has 0 fully saturated rings. The first-order chi connectivity index (χ1) is 8.42. The maximum absolute atomic E-state index is 10.6. The predicted octanol–water partition coefficient (Wildman–Crippen LogP) is 2.72. The van der Waals surface area contributed by atoms with Gasteiger partial charge in [0, 0.05) is 5.69 Å². The van der Waals surface area contributed by atoms with Crippen LogP contribution in [-0.4, -0.2) is 14.9 Å². The summed E-state index contributed by atoms with van der Waals surface area (Å²) in [5.74, 6) is 0. The van der Waals surface area contributed by atoms with Gasteiger partial charge in [0.1, 0.15) is 5.60 Å². The smallest absolute Gasteiger partial charge is 0.106 e. The summed E-state index contributed by atoms with van der Waals surface area (Å²) in [6.45, 7) is 8.39. The molecule has 1 aromatic heterocycles. The van der Waals surface area contributed by atoms with Crippen molar-refractivity contribution < 1.29 is 5.11 Å². The van der Waals surface area contributed by atoms with Crippen molar-refractivity contribution in [2.45, 2.75) is 39.8 Å². The summed E-state index contributed by atoms with van der Waals surface area (Å²) >= 11 is 0. The van der Waals surface area contributed by atoms with Gasteiger partial charge in [0.2, 0.25) is 0 Å². The quantitative estimate of drug-likeness (QED) is 0.901. The molecule has 0 radical (unpaired) electrons. The van der Waals surface area contributed by atoms with Crippen LogP contribution in [-0.2, 0) is 12.1 Å². The van der Waals surface area contributed by atoms with Crippen molar-refractivity contribution in [2.24, 2.45) is 0 Å². The molecule has 0 amide bonds. The molecule has 18 heavy (non-hydrogen) atoms. The van der Waals surface area contributed by atoms with Gasteiger partial charge in [-0.1, -0.05) is 30.3 Å². The lowest BCUT2D eigenvalue weighted by Crippen LogP contribution is -2.28. The zero-order chi connectivity index (χ0) is 13.3. The Hall–Kier alpha value is -1.61. The van der Waals surface area contributed by atoms with Crippen molar-refractivity contribution in [3.63, 3.8) is 0 Å². The molecule has 0 saturated carbocycles. The number of aryl methyl sites for hydroxylation is 1. The van der Waals surface area contributed by atoms with Crippen LogP contribution in [0.3, 0.4) is 0 Å². The van der Waals surface area contributed by atoms with Gasteiger partial charge in [-0.2, -0.15) is 5.10 Å². The summed E-state index contributed by atoms with van der Waals surface area (Å²) < 4.78 is 1.89. The fourth-order valence-corrected chi connectivity index (χ4v) is 2.12. The van der Waals surface area contributed by atoms with Gasteiger partial charge in [0.15, 0.2) is 0 Å². The number of benzene rings is 1. The first-order valence-electron chi connectivity index (χ1n) is 6.20. The molecular weight excluding hydrogens is 224 g/mol. The zero-order valence-electron chi connectivity index (χ0n) is 11.4. The third-order valence-electron chi connectivity index (χ3n) is 3.60. The number of aliphatic hydroxyl groups is 1. The number of hydrogen-bond donors (Lipinski definition) is 1. The van der Waals surface area contributed by atoms with Crippen LogP contribution in [0.25, 0.3) is 0 Å². The van der Waals surface area contributed by atoms with Crippen LogP contribution in [0.4, 0.5) is 0 Å². The normalized spacial score (nSPS) is 14.5. The highest BCUT2D eigenvalue weighted by molar-refractivity contribution is 5.24. The lowest BCUT2D eigenvalue weighted by Gasteiger charge is -2.24. The lowest BCUT2D eigenvalue weighted by atomic mass is 9.96. The van der Waals surface area contributed by atoms with Crippen LogP contribution in [0.2, 0.25) is 0 Å². The molecule has 2 aromatic rings. The first-order valence-corrected chi connectivity index (χ1v) is 6.20. The fourth-order valence-electron chi connectivity index (χ4n) is 2.12. The van der Waals surface area contributed by atoms with Gasteiger partial charge in [-0.25, -0.2) is 0 Å². The second-order valence-corrected chi connectivity index (χ2v) is 5.09. The molecule has 0 saturated heterocycles. The van der Waals surface area contributed by atoms with Gasteiger partial charge < -0.3 is 5.11 Å². The number of hydrogen-bond acceptors (Lipinski definition) is 2. The first kappa shape index (κ1) is 12.8. The summed E-state index contributed by atoms with van der Waals surface area (Å²) in [5.41, 5.74) is 3.34. The fraction of sp³-hybridized carbons (Fsp3) is 0.400. The summed E-state index contributed by atoms with van der Waals surface area (Å²) in [5, 5.41) is 15.1. The van der Waals surface area contributed by atoms with Gasteiger partial charge in [-0.3, -0.25) is 4.68 Å². The van der Waals surface area contributed by atoms with Crippen LogP contribution >= 0.6 is 0 Å². The molecule has 1 unspecified atom stereocenters. The molecule has 1 aromatic carbocycles. The maximum atomic E-state index is 10.6. The Morgan fingerprint density at radius 2 is 1.78 bits per heavy atom. The molecule has 1 atom stereocenters. The minimum absolute atomic E-state index is 0.470. The van der Waals surface area contributed by atoms with Crippen LogP contribution in [0.5, 0.6) is 0 Å². The summed E-state index contributed by atoms with van der Waals surface area (Å²) in [7, 11) is 0. The van der Waals surface area contributed by atoms with E-state index in [1.807, 2.05) is 55.8 Å². The van der Waals surface area contributed by atoms with Crippen LogP contribution in [0.15, 0.2) is 30.3 Å². The Balaban J connectivity index is 2.30. The maximum Gasteiger partial charge on any atom is 0.106 e. The van der Waals surface area contributed by atoms with Crippen LogP contribution in [0, 0.1) is 20.8 Å². The van der Waals surface area contributed by atoms with Crippen LogP contribution in [0.1, 0.15) is 29.4 Å². The third kappa shape index (κ3) is 2.31. The summed E-state index contributed by atoms with van der Waals surface area (Å²) in [4.78, 5) is 0. The molecule has 1 N–H and O–H groups in total. The minimum atomic E-state index is -0.906. The van der Waals surface area contributed by atoms with E-state index in [2.05, 4.69) is 12.0 Å². The van der Waals surface area contributed by atoms with Crippen molar-refractivity contribution in [1.29, 1.82) is 0 Å². The van der Waals surface area contributed by atoms with Gasteiger partial charge in [-0.05, 0) is 38.8 Å².